The summed E-state index contributed by atoms with van der Waals surface area (Å²) in [6, 6.07) is 0. The fraction of sp³-hybridized carbons (Fsp3) is 0.706. The molecule has 0 aromatic carbocycles. The van der Waals surface area contributed by atoms with Crippen molar-refractivity contribution in [3.63, 3.8) is 0 Å². The van der Waals surface area contributed by atoms with Crippen LogP contribution in [0.4, 0.5) is 11.5 Å². The van der Waals surface area contributed by atoms with E-state index in [1.54, 1.807) is 6.92 Å². The number of nitrogen functional groups attached to an aromatic ring is 1. The van der Waals surface area contributed by atoms with Gasteiger partial charge in [-0.2, -0.15) is 0 Å². The van der Waals surface area contributed by atoms with Crippen LogP contribution >= 0.6 is 0 Å². The van der Waals surface area contributed by atoms with Gasteiger partial charge in [-0.15, -0.1) is 0 Å². The number of methoxy groups -OCH3 is 1. The highest BCUT2D eigenvalue weighted by Gasteiger charge is 2.27. The van der Waals surface area contributed by atoms with Crippen LogP contribution in [0.25, 0.3) is 0 Å². The molecule has 0 bridgehead atoms. The second-order valence-electron chi connectivity index (χ2n) is 5.99. The summed E-state index contributed by atoms with van der Waals surface area (Å²) in [7, 11) is 1.50. The van der Waals surface area contributed by atoms with Crippen LogP contribution in [0, 0.1) is 0 Å². The summed E-state index contributed by atoms with van der Waals surface area (Å²) >= 11 is 0. The molecule has 0 fully saturated rings. The van der Waals surface area contributed by atoms with Gasteiger partial charge in [-0.25, -0.2) is 4.79 Å². The number of nitrogens with one attached hydrogen (secondary N) is 1. The van der Waals surface area contributed by atoms with Crippen LogP contribution in [-0.2, 0) is 20.8 Å². The van der Waals surface area contributed by atoms with E-state index in [1.807, 2.05) is 13.8 Å². The number of nitrogens with zero attached hydrogens (tertiary/aromatic N) is 2. The monoisotopic (exact) mass is 370 g/mol. The van der Waals surface area contributed by atoms with Crippen LogP contribution in [0.2, 0.25) is 0 Å². The molecule has 1 heterocycles. The van der Waals surface area contributed by atoms with E-state index in [9.17, 15) is 14.4 Å². The number of hydrogen-bond acceptors (Lipinski definition) is 6. The minimum atomic E-state index is -0.747. The summed E-state index contributed by atoms with van der Waals surface area (Å²) in [5, 5.41) is 0. The van der Waals surface area contributed by atoms with E-state index in [0.717, 1.165) is 12.8 Å². The summed E-state index contributed by atoms with van der Waals surface area (Å²) in [5.74, 6) is -0.442. The molecule has 1 aromatic rings. The number of anilines is 2. The number of carbonyl (C=O) groups excluding carboxylic acids is 1. The molecule has 0 aliphatic carbocycles. The molecule has 26 heavy (non-hydrogen) atoms. The van der Waals surface area contributed by atoms with Crippen molar-refractivity contribution in [3.05, 3.63) is 20.8 Å². The largest absolute Gasteiger partial charge is 0.383 e. The van der Waals surface area contributed by atoms with Crippen LogP contribution in [-0.4, -0.2) is 48.4 Å². The van der Waals surface area contributed by atoms with Gasteiger partial charge in [0.05, 0.1) is 6.61 Å². The lowest BCUT2D eigenvalue weighted by Gasteiger charge is -2.26. The Kier molecular flexibility index (Phi) is 9.08. The van der Waals surface area contributed by atoms with E-state index in [4.69, 9.17) is 15.2 Å². The number of aromatic nitrogens is 2. The summed E-state index contributed by atoms with van der Waals surface area (Å²) in [6.07, 6.45) is 1.68. The number of amides is 1. The predicted octanol–water partition coefficient (Wildman–Crippen LogP) is 0.713. The second-order valence-corrected chi connectivity index (χ2v) is 5.99. The van der Waals surface area contributed by atoms with Gasteiger partial charge >= 0.3 is 5.69 Å². The number of nitrogens with two attached hydrogens (primary N) is 1. The quantitative estimate of drug-likeness (QED) is 0.554. The van der Waals surface area contributed by atoms with Crippen LogP contribution in [0.1, 0.15) is 40.0 Å². The van der Waals surface area contributed by atoms with Gasteiger partial charge in [0.25, 0.3) is 11.5 Å². The molecule has 1 atom stereocenters. The van der Waals surface area contributed by atoms with Gasteiger partial charge < -0.3 is 15.2 Å². The molecule has 1 amide bonds. The lowest BCUT2D eigenvalue weighted by atomic mass is 10.2. The summed E-state index contributed by atoms with van der Waals surface area (Å²) < 4.78 is 11.9. The number of hydrogen-bond donors (Lipinski definition) is 2. The molecule has 9 nitrogen and oxygen atoms in total. The average molecular weight is 370 g/mol. The predicted molar refractivity (Wildman–Crippen MR) is 101 cm³/mol. The van der Waals surface area contributed by atoms with Gasteiger partial charge in [-0.1, -0.05) is 20.3 Å². The Hall–Kier alpha value is -2.13. The first-order chi connectivity index (χ1) is 12.4. The van der Waals surface area contributed by atoms with Crippen molar-refractivity contribution < 1.29 is 14.3 Å². The highest BCUT2D eigenvalue weighted by Crippen LogP contribution is 2.18. The lowest BCUT2D eigenvalue weighted by molar-refractivity contribution is -0.129. The molecular weight excluding hydrogens is 340 g/mol. The number of unbranched alkanes of at least 4 members (excludes halogenated alkanes) is 1. The van der Waals surface area contributed by atoms with Crippen molar-refractivity contribution in [1.82, 2.24) is 9.55 Å². The third-order valence-electron chi connectivity index (χ3n) is 3.93. The molecule has 9 heteroatoms. The number of carbonyl (C=O) groups is 1. The standard InChI is InChI=1S/C17H30N4O5/c1-5-7-10-26-12(3)16(23)20(9-11-25-4)13-14(18)21(8-6-2)17(24)19-15(13)22/h12H,5-11,18H2,1-4H3,(H,19,22,24). The zero-order valence-corrected chi connectivity index (χ0v) is 16.0. The van der Waals surface area contributed by atoms with E-state index in [1.165, 1.54) is 16.6 Å². The maximum absolute atomic E-state index is 12.9. The van der Waals surface area contributed by atoms with E-state index in [-0.39, 0.29) is 24.7 Å². The third-order valence-corrected chi connectivity index (χ3v) is 3.93. The van der Waals surface area contributed by atoms with Crippen molar-refractivity contribution in [3.8, 4) is 0 Å². The number of H-pyrrole nitrogens is 1. The first-order valence-corrected chi connectivity index (χ1v) is 8.93. The SMILES string of the molecule is CCCCOC(C)C(=O)N(CCOC)c1c(N)n(CCC)c(=O)[nH]c1=O. The Morgan fingerprint density at radius 1 is 1.27 bits per heavy atom. The average Bonchev–Trinajstić information content (AvgIpc) is 2.60. The summed E-state index contributed by atoms with van der Waals surface area (Å²) in [4.78, 5) is 40.7. The van der Waals surface area contributed by atoms with Crippen LogP contribution in [0.5, 0.6) is 0 Å². The normalized spacial score (nSPS) is 12.2. The number of ether oxygens (including phenoxy) is 2. The summed E-state index contributed by atoms with van der Waals surface area (Å²) in [6.45, 7) is 6.65. The molecule has 0 saturated heterocycles. The number of rotatable bonds is 11. The molecule has 0 aliphatic heterocycles. The molecule has 3 N–H and O–H groups in total. The van der Waals surface area contributed by atoms with E-state index < -0.39 is 23.3 Å². The fourth-order valence-electron chi connectivity index (χ4n) is 2.49. The zero-order valence-electron chi connectivity index (χ0n) is 16.0. The van der Waals surface area contributed by atoms with Gasteiger partial charge in [-0.05, 0) is 19.8 Å². The van der Waals surface area contributed by atoms with Crippen molar-refractivity contribution >= 4 is 17.4 Å². The van der Waals surface area contributed by atoms with E-state index in [2.05, 4.69) is 4.98 Å². The highest BCUT2D eigenvalue weighted by atomic mass is 16.5. The maximum Gasteiger partial charge on any atom is 0.330 e. The zero-order chi connectivity index (χ0) is 19.7. The minimum Gasteiger partial charge on any atom is -0.383 e. The van der Waals surface area contributed by atoms with Crippen molar-refractivity contribution in [2.45, 2.75) is 52.7 Å². The fourth-order valence-corrected chi connectivity index (χ4v) is 2.49. The molecule has 0 saturated carbocycles. The van der Waals surface area contributed by atoms with Gasteiger partial charge in [0.1, 0.15) is 11.9 Å². The molecule has 148 valence electrons. The summed E-state index contributed by atoms with van der Waals surface area (Å²) in [5.41, 5.74) is 4.72. The Morgan fingerprint density at radius 2 is 1.96 bits per heavy atom. The third kappa shape index (κ3) is 5.43. The van der Waals surface area contributed by atoms with Crippen molar-refractivity contribution in [1.29, 1.82) is 0 Å². The molecule has 0 aliphatic rings. The smallest absolute Gasteiger partial charge is 0.330 e. The van der Waals surface area contributed by atoms with Crippen LogP contribution in [0.15, 0.2) is 9.59 Å². The number of aromatic amines is 1. The Morgan fingerprint density at radius 3 is 2.54 bits per heavy atom. The first-order valence-electron chi connectivity index (χ1n) is 8.93. The Labute approximate surface area is 153 Å². The topological polar surface area (TPSA) is 120 Å². The van der Waals surface area contributed by atoms with Crippen LogP contribution < -0.4 is 21.9 Å². The van der Waals surface area contributed by atoms with Gasteiger partial charge in [0, 0.05) is 26.8 Å². The molecule has 1 unspecified atom stereocenters. The molecular formula is C17H30N4O5. The molecule has 0 spiro atoms. The maximum atomic E-state index is 12.9. The minimum absolute atomic E-state index is 0.0363. The van der Waals surface area contributed by atoms with Crippen molar-refractivity contribution in [2.75, 3.05) is 37.5 Å². The lowest BCUT2D eigenvalue weighted by Crippen LogP contribution is -2.46. The van der Waals surface area contributed by atoms with Crippen LogP contribution in [0.3, 0.4) is 0 Å². The first kappa shape index (κ1) is 21.9. The van der Waals surface area contributed by atoms with E-state index in [0.29, 0.717) is 19.6 Å². The second kappa shape index (κ2) is 10.8. The molecule has 1 aromatic heterocycles. The Bertz CT molecular complexity index is 697. The van der Waals surface area contributed by atoms with E-state index >= 15 is 0 Å². The van der Waals surface area contributed by atoms with Crippen molar-refractivity contribution in [2.24, 2.45) is 0 Å². The molecule has 1 rings (SSSR count). The van der Waals surface area contributed by atoms with Gasteiger partial charge in [-0.3, -0.25) is 24.0 Å². The highest BCUT2D eigenvalue weighted by molar-refractivity contribution is 5.98. The van der Waals surface area contributed by atoms with Gasteiger partial charge in [0.2, 0.25) is 0 Å². The van der Waals surface area contributed by atoms with Gasteiger partial charge in [0.15, 0.2) is 5.69 Å². The Balaban J connectivity index is 3.28. The molecule has 0 radical (unpaired) electrons.